The van der Waals surface area contributed by atoms with Crippen LogP contribution in [0.2, 0.25) is 0 Å². The average molecular weight is 323 g/mol. The highest BCUT2D eigenvalue weighted by Gasteiger charge is 2.05. The first-order valence-electron chi connectivity index (χ1n) is 7.30. The van der Waals surface area contributed by atoms with Gasteiger partial charge in [0.15, 0.2) is 0 Å². The lowest BCUT2D eigenvalue weighted by atomic mass is 10.1. The maximum absolute atomic E-state index is 13.1. The largest absolute Gasteiger partial charge is 0.423 e. The Morgan fingerprint density at radius 3 is 2.79 bits per heavy atom. The van der Waals surface area contributed by atoms with Gasteiger partial charge in [-0.3, -0.25) is 4.79 Å². The van der Waals surface area contributed by atoms with E-state index in [1.54, 1.807) is 30.3 Å². The molecule has 120 valence electrons. The summed E-state index contributed by atoms with van der Waals surface area (Å²) in [6.07, 6.45) is 2.83. The Kier molecular flexibility index (Phi) is 4.24. The molecule has 1 N–H and O–H groups in total. The third kappa shape index (κ3) is 3.57. The molecule has 0 saturated carbocycles. The summed E-state index contributed by atoms with van der Waals surface area (Å²) in [5.41, 5.74) is 1.88. The van der Waals surface area contributed by atoms with Crippen LogP contribution in [0.4, 0.5) is 10.1 Å². The van der Waals surface area contributed by atoms with Gasteiger partial charge in [0.2, 0.25) is 5.91 Å². The number of rotatable bonds is 3. The van der Waals surface area contributed by atoms with E-state index in [1.807, 2.05) is 6.92 Å². The fourth-order valence-corrected chi connectivity index (χ4v) is 2.37. The number of nitrogens with one attached hydrogen (secondary N) is 1. The Bertz CT molecular complexity index is 1000. The van der Waals surface area contributed by atoms with Crippen molar-refractivity contribution in [2.24, 2.45) is 0 Å². The van der Waals surface area contributed by atoms with Crippen LogP contribution in [-0.4, -0.2) is 5.91 Å². The second kappa shape index (κ2) is 6.50. The molecule has 4 nitrogen and oxygen atoms in total. The van der Waals surface area contributed by atoms with Crippen LogP contribution in [0.1, 0.15) is 11.1 Å². The van der Waals surface area contributed by atoms with Crippen molar-refractivity contribution in [1.29, 1.82) is 0 Å². The van der Waals surface area contributed by atoms with Crippen LogP contribution < -0.4 is 10.9 Å². The first-order valence-corrected chi connectivity index (χ1v) is 7.30. The van der Waals surface area contributed by atoms with E-state index < -0.39 is 5.63 Å². The number of hydrogen-bond acceptors (Lipinski definition) is 3. The minimum absolute atomic E-state index is 0.363. The van der Waals surface area contributed by atoms with Gasteiger partial charge in [-0.2, -0.15) is 0 Å². The summed E-state index contributed by atoms with van der Waals surface area (Å²) in [6, 6.07) is 12.4. The molecule has 0 atom stereocenters. The van der Waals surface area contributed by atoms with Crippen molar-refractivity contribution in [3.8, 4) is 0 Å². The van der Waals surface area contributed by atoms with Crippen molar-refractivity contribution in [3.05, 3.63) is 82.0 Å². The van der Waals surface area contributed by atoms with Gasteiger partial charge in [-0.25, -0.2) is 9.18 Å². The molecule has 0 spiro atoms. The zero-order valence-corrected chi connectivity index (χ0v) is 12.9. The summed E-state index contributed by atoms with van der Waals surface area (Å²) < 4.78 is 18.2. The van der Waals surface area contributed by atoms with Crippen molar-refractivity contribution in [3.63, 3.8) is 0 Å². The van der Waals surface area contributed by atoms with E-state index in [1.165, 1.54) is 30.4 Å². The molecule has 24 heavy (non-hydrogen) atoms. The molecule has 0 bridgehead atoms. The van der Waals surface area contributed by atoms with E-state index in [4.69, 9.17) is 4.42 Å². The van der Waals surface area contributed by atoms with Gasteiger partial charge in [0.05, 0.1) is 0 Å². The lowest BCUT2D eigenvalue weighted by molar-refractivity contribution is -0.111. The van der Waals surface area contributed by atoms with Crippen molar-refractivity contribution in [1.82, 2.24) is 0 Å². The first-order chi connectivity index (χ1) is 11.5. The monoisotopic (exact) mass is 323 g/mol. The van der Waals surface area contributed by atoms with Crippen molar-refractivity contribution in [2.45, 2.75) is 6.92 Å². The Hall–Kier alpha value is -3.21. The van der Waals surface area contributed by atoms with Crippen molar-refractivity contribution < 1.29 is 13.6 Å². The molecule has 3 aromatic rings. The van der Waals surface area contributed by atoms with E-state index in [9.17, 15) is 14.0 Å². The van der Waals surface area contributed by atoms with Gasteiger partial charge in [-0.15, -0.1) is 0 Å². The summed E-state index contributed by atoms with van der Waals surface area (Å²) >= 11 is 0. The number of carbonyl (C=O) groups excluding carboxylic acids is 1. The van der Waals surface area contributed by atoms with E-state index in [-0.39, 0.29) is 11.7 Å². The molecule has 0 aliphatic carbocycles. The SMILES string of the molecule is Cc1cc(=O)oc2cc(NC(=O)/C=C/c3cccc(F)c3)ccc12. The molecule has 0 fully saturated rings. The van der Waals surface area contributed by atoms with Gasteiger partial charge in [0.1, 0.15) is 11.4 Å². The molecule has 5 heteroatoms. The third-order valence-electron chi connectivity index (χ3n) is 3.49. The molecule has 0 aliphatic heterocycles. The highest BCUT2D eigenvalue weighted by atomic mass is 19.1. The highest BCUT2D eigenvalue weighted by molar-refractivity contribution is 6.02. The van der Waals surface area contributed by atoms with Crippen LogP contribution in [0.25, 0.3) is 17.0 Å². The zero-order valence-electron chi connectivity index (χ0n) is 12.9. The number of fused-ring (bicyclic) bond motifs is 1. The molecule has 0 unspecified atom stereocenters. The molecule has 1 aromatic heterocycles. The number of anilines is 1. The van der Waals surface area contributed by atoms with Gasteiger partial charge >= 0.3 is 5.63 Å². The standard InChI is InChI=1S/C19H14FNO3/c1-12-9-19(23)24-17-11-15(6-7-16(12)17)21-18(22)8-5-13-3-2-4-14(20)10-13/h2-11H,1H3,(H,21,22)/b8-5+. The summed E-state index contributed by atoms with van der Waals surface area (Å²) in [4.78, 5) is 23.4. The maximum atomic E-state index is 13.1. The normalized spacial score (nSPS) is 11.1. The maximum Gasteiger partial charge on any atom is 0.336 e. The average Bonchev–Trinajstić information content (AvgIpc) is 2.52. The van der Waals surface area contributed by atoms with E-state index in [2.05, 4.69) is 5.32 Å². The molecular formula is C19H14FNO3. The molecule has 1 heterocycles. The molecule has 0 radical (unpaired) electrons. The third-order valence-corrected chi connectivity index (χ3v) is 3.49. The quantitative estimate of drug-likeness (QED) is 0.587. The van der Waals surface area contributed by atoms with E-state index in [0.717, 1.165) is 10.9 Å². The minimum atomic E-state index is -0.436. The van der Waals surface area contributed by atoms with Crippen LogP contribution in [0.3, 0.4) is 0 Å². The predicted octanol–water partition coefficient (Wildman–Crippen LogP) is 3.89. The van der Waals surface area contributed by atoms with Crippen LogP contribution in [0, 0.1) is 12.7 Å². The number of carbonyl (C=O) groups is 1. The zero-order chi connectivity index (χ0) is 17.1. The van der Waals surface area contributed by atoms with Gasteiger partial charge < -0.3 is 9.73 Å². The second-order valence-corrected chi connectivity index (χ2v) is 5.34. The molecule has 2 aromatic carbocycles. The number of halogens is 1. The second-order valence-electron chi connectivity index (χ2n) is 5.34. The Labute approximate surface area is 137 Å². The predicted molar refractivity (Wildman–Crippen MR) is 91.3 cm³/mol. The highest BCUT2D eigenvalue weighted by Crippen LogP contribution is 2.20. The van der Waals surface area contributed by atoms with E-state index >= 15 is 0 Å². The number of benzene rings is 2. The van der Waals surface area contributed by atoms with Gasteiger partial charge in [0.25, 0.3) is 0 Å². The Morgan fingerprint density at radius 1 is 1.17 bits per heavy atom. The molecular weight excluding hydrogens is 309 g/mol. The molecule has 3 rings (SSSR count). The van der Waals surface area contributed by atoms with Crippen molar-refractivity contribution in [2.75, 3.05) is 5.32 Å². The summed E-state index contributed by atoms with van der Waals surface area (Å²) in [5, 5.41) is 3.48. The molecule has 0 aliphatic rings. The topological polar surface area (TPSA) is 59.3 Å². The van der Waals surface area contributed by atoms with Crippen LogP contribution in [0.15, 0.2) is 63.8 Å². The fraction of sp³-hybridized carbons (Fsp3) is 0.0526. The van der Waals surface area contributed by atoms with Gasteiger partial charge in [-0.05, 0) is 48.4 Å². The van der Waals surface area contributed by atoms with E-state index in [0.29, 0.717) is 16.8 Å². The fourth-order valence-electron chi connectivity index (χ4n) is 2.37. The number of aryl methyl sites for hydroxylation is 1. The minimum Gasteiger partial charge on any atom is -0.423 e. The Balaban J connectivity index is 1.79. The molecule has 1 amide bonds. The smallest absolute Gasteiger partial charge is 0.336 e. The number of hydrogen-bond donors (Lipinski definition) is 1. The summed E-state index contributed by atoms with van der Waals surface area (Å²) in [5.74, 6) is -0.730. The van der Waals surface area contributed by atoms with Crippen LogP contribution >= 0.6 is 0 Å². The molecule has 0 saturated heterocycles. The lowest BCUT2D eigenvalue weighted by Gasteiger charge is -2.05. The number of amides is 1. The van der Waals surface area contributed by atoms with Gasteiger partial charge in [-0.1, -0.05) is 12.1 Å². The first kappa shape index (κ1) is 15.7. The van der Waals surface area contributed by atoms with Crippen molar-refractivity contribution >= 4 is 28.6 Å². The lowest BCUT2D eigenvalue weighted by Crippen LogP contribution is -2.08. The summed E-state index contributed by atoms with van der Waals surface area (Å²) in [6.45, 7) is 1.82. The van der Waals surface area contributed by atoms with Crippen LogP contribution in [0.5, 0.6) is 0 Å². The Morgan fingerprint density at radius 2 is 2.00 bits per heavy atom. The van der Waals surface area contributed by atoms with Crippen LogP contribution in [-0.2, 0) is 4.79 Å². The summed E-state index contributed by atoms with van der Waals surface area (Å²) in [7, 11) is 0. The van der Waals surface area contributed by atoms with Gasteiger partial charge in [0, 0.05) is 29.3 Å².